The Kier molecular flexibility index (Phi) is 4.94. The maximum Gasteiger partial charge on any atom is 0.252 e. The minimum Gasteiger partial charge on any atom is -0.333 e. The number of aromatic nitrogens is 5. The van der Waals surface area contributed by atoms with Crippen molar-refractivity contribution in [3.63, 3.8) is 0 Å². The fourth-order valence-corrected chi connectivity index (χ4v) is 5.53. The summed E-state index contributed by atoms with van der Waals surface area (Å²) in [5.41, 5.74) is 4.02. The molecule has 0 bridgehead atoms. The van der Waals surface area contributed by atoms with E-state index in [0.29, 0.717) is 18.6 Å². The second-order valence-corrected chi connectivity index (χ2v) is 8.91. The quantitative estimate of drug-likeness (QED) is 0.498. The van der Waals surface area contributed by atoms with Gasteiger partial charge in [0.1, 0.15) is 11.3 Å². The third kappa shape index (κ3) is 3.35. The van der Waals surface area contributed by atoms with Crippen LogP contribution in [0.4, 0.5) is 0 Å². The first-order valence-electron chi connectivity index (χ1n) is 10.4. The van der Waals surface area contributed by atoms with E-state index in [1.807, 2.05) is 36.9 Å². The van der Waals surface area contributed by atoms with E-state index in [4.69, 9.17) is 4.98 Å². The molecule has 1 amide bonds. The molecule has 4 heterocycles. The predicted octanol–water partition coefficient (Wildman–Crippen LogP) is 4.04. The summed E-state index contributed by atoms with van der Waals surface area (Å²) in [6, 6.07) is 8.29. The molecular weight excluding hydrogens is 396 g/mol. The fourth-order valence-electron chi connectivity index (χ4n) is 4.41. The number of carbonyl (C=O) groups excluding carboxylic acids is 1. The Balaban J connectivity index is 1.37. The zero-order valence-electron chi connectivity index (χ0n) is 17.2. The van der Waals surface area contributed by atoms with Gasteiger partial charge >= 0.3 is 0 Å². The first kappa shape index (κ1) is 19.1. The van der Waals surface area contributed by atoms with Gasteiger partial charge < -0.3 is 4.90 Å². The van der Waals surface area contributed by atoms with Crippen LogP contribution in [0.5, 0.6) is 0 Å². The Morgan fingerprint density at radius 1 is 1.20 bits per heavy atom. The van der Waals surface area contributed by atoms with E-state index in [9.17, 15) is 4.79 Å². The maximum absolute atomic E-state index is 13.3. The maximum atomic E-state index is 13.3. The van der Waals surface area contributed by atoms with Gasteiger partial charge in [0.25, 0.3) is 5.78 Å². The van der Waals surface area contributed by atoms with E-state index < -0.39 is 0 Å². The molecule has 0 saturated carbocycles. The fraction of sp³-hybridized carbons (Fsp3) is 0.409. The second-order valence-electron chi connectivity index (χ2n) is 7.85. The molecule has 0 radical (unpaired) electrons. The summed E-state index contributed by atoms with van der Waals surface area (Å²) in [6.45, 7) is 4.80. The highest BCUT2D eigenvalue weighted by atomic mass is 32.1. The van der Waals surface area contributed by atoms with Gasteiger partial charge in [0.15, 0.2) is 0 Å². The van der Waals surface area contributed by atoms with E-state index in [-0.39, 0.29) is 11.9 Å². The third-order valence-corrected chi connectivity index (χ3v) is 7.13. The van der Waals surface area contributed by atoms with Crippen LogP contribution in [0.2, 0.25) is 0 Å². The van der Waals surface area contributed by atoms with Gasteiger partial charge in [0.2, 0.25) is 5.91 Å². The van der Waals surface area contributed by atoms with Crippen LogP contribution < -0.4 is 0 Å². The van der Waals surface area contributed by atoms with E-state index in [1.165, 1.54) is 11.0 Å². The number of fused-ring (bicyclic) bond motifs is 2. The Labute approximate surface area is 178 Å². The van der Waals surface area contributed by atoms with Crippen LogP contribution in [0.15, 0.2) is 30.6 Å². The second kappa shape index (κ2) is 7.75. The number of piperidine rings is 1. The molecular formula is C22H24N6OS. The number of para-hydroxylation sites is 1. The minimum atomic E-state index is 0.0850. The van der Waals surface area contributed by atoms with Gasteiger partial charge in [-0.2, -0.15) is 10.1 Å². The van der Waals surface area contributed by atoms with Gasteiger partial charge in [-0.25, -0.2) is 14.5 Å². The number of hydrogen-bond acceptors (Lipinski definition) is 6. The van der Waals surface area contributed by atoms with Gasteiger partial charge in [-0.15, -0.1) is 11.3 Å². The molecule has 7 nitrogen and oxygen atoms in total. The van der Waals surface area contributed by atoms with Crippen LogP contribution in [0.3, 0.4) is 0 Å². The molecule has 0 aliphatic carbocycles. The largest absolute Gasteiger partial charge is 0.333 e. The predicted molar refractivity (Wildman–Crippen MR) is 117 cm³/mol. The normalized spacial score (nSPS) is 17.1. The number of amides is 1. The number of thiazole rings is 1. The summed E-state index contributed by atoms with van der Waals surface area (Å²) in [4.78, 5) is 28.8. The van der Waals surface area contributed by atoms with Gasteiger partial charge in [-0.1, -0.05) is 12.1 Å². The Hall–Kier alpha value is -2.87. The molecule has 0 spiro atoms. The minimum absolute atomic E-state index is 0.0850. The van der Waals surface area contributed by atoms with Crippen LogP contribution in [0.25, 0.3) is 16.0 Å². The van der Waals surface area contributed by atoms with E-state index >= 15 is 0 Å². The van der Waals surface area contributed by atoms with Crippen molar-refractivity contribution in [3.05, 3.63) is 52.6 Å². The molecule has 1 saturated heterocycles. The number of likely N-dealkylation sites (tertiary alicyclic amines) is 1. The van der Waals surface area contributed by atoms with Gasteiger partial charge in [0, 0.05) is 24.4 Å². The van der Waals surface area contributed by atoms with Crippen molar-refractivity contribution in [1.82, 2.24) is 29.5 Å². The lowest BCUT2D eigenvalue weighted by Gasteiger charge is -2.34. The van der Waals surface area contributed by atoms with Crippen molar-refractivity contribution in [2.24, 2.45) is 0 Å². The zero-order valence-corrected chi connectivity index (χ0v) is 18.0. The Bertz CT molecular complexity index is 1200. The lowest BCUT2D eigenvalue weighted by Crippen LogP contribution is -2.38. The molecule has 8 heteroatoms. The first-order chi connectivity index (χ1) is 14.6. The van der Waals surface area contributed by atoms with Crippen molar-refractivity contribution in [3.8, 4) is 0 Å². The van der Waals surface area contributed by atoms with E-state index in [1.54, 1.807) is 15.9 Å². The molecule has 3 aromatic heterocycles. The van der Waals surface area contributed by atoms with Crippen molar-refractivity contribution in [1.29, 1.82) is 0 Å². The molecule has 1 atom stereocenters. The number of benzene rings is 1. The standard InChI is InChI=1S/C22H24N6OS/c1-14-16(15(2)28-22(25-14)23-13-24-28)10-11-20(29)27-12-6-5-8-18(27)21-26-17-7-3-4-9-19(17)30-21/h3-4,7,9,13,18H,5-6,8,10-12H2,1-2H3/t18-/m0/s1. The summed E-state index contributed by atoms with van der Waals surface area (Å²) in [5, 5.41) is 5.31. The molecule has 1 fully saturated rings. The summed E-state index contributed by atoms with van der Waals surface area (Å²) >= 11 is 1.71. The van der Waals surface area contributed by atoms with Gasteiger partial charge in [-0.3, -0.25) is 4.79 Å². The molecule has 0 unspecified atom stereocenters. The van der Waals surface area contributed by atoms with Crippen LogP contribution in [-0.2, 0) is 11.2 Å². The van der Waals surface area contributed by atoms with Crippen LogP contribution >= 0.6 is 11.3 Å². The monoisotopic (exact) mass is 420 g/mol. The van der Waals surface area contributed by atoms with Crippen LogP contribution in [-0.4, -0.2) is 41.9 Å². The van der Waals surface area contributed by atoms with Crippen molar-refractivity contribution < 1.29 is 4.79 Å². The summed E-state index contributed by atoms with van der Waals surface area (Å²) in [7, 11) is 0. The number of hydrogen-bond donors (Lipinski definition) is 0. The number of carbonyl (C=O) groups is 1. The molecule has 5 rings (SSSR count). The zero-order chi connectivity index (χ0) is 20.7. The smallest absolute Gasteiger partial charge is 0.252 e. The lowest BCUT2D eigenvalue weighted by atomic mass is 10.0. The molecule has 4 aromatic rings. The molecule has 0 N–H and O–H groups in total. The Morgan fingerprint density at radius 3 is 2.93 bits per heavy atom. The summed E-state index contributed by atoms with van der Waals surface area (Å²) < 4.78 is 2.93. The summed E-state index contributed by atoms with van der Waals surface area (Å²) in [6.07, 6.45) is 5.80. The Morgan fingerprint density at radius 2 is 2.07 bits per heavy atom. The topological polar surface area (TPSA) is 76.3 Å². The number of aryl methyl sites for hydroxylation is 2. The molecule has 154 valence electrons. The highest BCUT2D eigenvalue weighted by molar-refractivity contribution is 7.18. The first-order valence-corrected chi connectivity index (χ1v) is 11.2. The number of rotatable bonds is 4. The molecule has 1 aliphatic rings. The van der Waals surface area contributed by atoms with Crippen molar-refractivity contribution >= 4 is 33.2 Å². The SMILES string of the molecule is Cc1nc2ncnn2c(C)c1CCC(=O)N1CCCC[C@H]1c1nc2ccccc2s1. The molecule has 30 heavy (non-hydrogen) atoms. The average Bonchev–Trinajstić information content (AvgIpc) is 3.40. The molecule has 1 aromatic carbocycles. The van der Waals surface area contributed by atoms with E-state index in [0.717, 1.165) is 53.3 Å². The van der Waals surface area contributed by atoms with Crippen LogP contribution in [0.1, 0.15) is 53.7 Å². The highest BCUT2D eigenvalue weighted by Crippen LogP contribution is 2.36. The van der Waals surface area contributed by atoms with Crippen LogP contribution in [0, 0.1) is 13.8 Å². The lowest BCUT2D eigenvalue weighted by molar-refractivity contribution is -0.135. The third-order valence-electron chi connectivity index (χ3n) is 6.00. The summed E-state index contributed by atoms with van der Waals surface area (Å²) in [5.74, 6) is 0.795. The highest BCUT2D eigenvalue weighted by Gasteiger charge is 2.30. The van der Waals surface area contributed by atoms with Gasteiger partial charge in [0.05, 0.1) is 16.3 Å². The van der Waals surface area contributed by atoms with E-state index in [2.05, 4.69) is 21.1 Å². The molecule has 1 aliphatic heterocycles. The van der Waals surface area contributed by atoms with Crippen molar-refractivity contribution in [2.45, 2.75) is 52.0 Å². The van der Waals surface area contributed by atoms with Crippen molar-refractivity contribution in [2.75, 3.05) is 6.54 Å². The average molecular weight is 421 g/mol. The number of nitrogens with zero attached hydrogens (tertiary/aromatic N) is 6. The van der Waals surface area contributed by atoms with Gasteiger partial charge in [-0.05, 0) is 57.2 Å².